The Morgan fingerprint density at radius 1 is 0.884 bits per heavy atom. The maximum atomic E-state index is 6.40. The molecule has 5 aliphatic rings. The molecular weight excluding hydrogens is 524 g/mol. The first-order valence-corrected chi connectivity index (χ1v) is 16.7. The van der Waals surface area contributed by atoms with Crippen LogP contribution in [-0.4, -0.2) is 10.3 Å². The number of furan rings is 1. The second-order valence-electron chi connectivity index (χ2n) is 14.2. The van der Waals surface area contributed by atoms with Crippen LogP contribution in [0.3, 0.4) is 0 Å². The van der Waals surface area contributed by atoms with Crippen molar-refractivity contribution in [3.05, 3.63) is 93.2 Å². The largest absolute Gasteiger partial charge is 0.438 e. The van der Waals surface area contributed by atoms with Gasteiger partial charge in [0.2, 0.25) is 5.88 Å². The van der Waals surface area contributed by atoms with E-state index in [1.165, 1.54) is 44.4 Å². The van der Waals surface area contributed by atoms with Crippen molar-refractivity contribution in [3.8, 4) is 0 Å². The highest BCUT2D eigenvalue weighted by atomic mass is 16.3. The Labute approximate surface area is 255 Å². The van der Waals surface area contributed by atoms with Gasteiger partial charge in [0.1, 0.15) is 5.42 Å². The number of aryl methyl sites for hydroxylation is 1. The van der Waals surface area contributed by atoms with E-state index in [0.29, 0.717) is 35.5 Å². The monoisotopic (exact) mass is 568 g/mol. The van der Waals surface area contributed by atoms with Gasteiger partial charge in [0.15, 0.2) is 0 Å². The normalized spacial score (nSPS) is 26.0. The van der Waals surface area contributed by atoms with Crippen LogP contribution in [0.5, 0.6) is 0 Å². The Balaban J connectivity index is 1.37. The van der Waals surface area contributed by atoms with Crippen LogP contribution < -0.4 is 10.6 Å². The molecule has 220 valence electrons. The van der Waals surface area contributed by atoms with Crippen LogP contribution in [0.1, 0.15) is 83.0 Å². The van der Waals surface area contributed by atoms with Crippen molar-refractivity contribution >= 4 is 40.3 Å². The van der Waals surface area contributed by atoms with E-state index in [-0.39, 0.29) is 0 Å². The highest BCUT2D eigenvalue weighted by Crippen LogP contribution is 2.50. The molecule has 0 saturated heterocycles. The van der Waals surface area contributed by atoms with Crippen LogP contribution in [0, 0.1) is 29.6 Å². The van der Waals surface area contributed by atoms with Gasteiger partial charge in [0, 0.05) is 39.2 Å². The molecule has 43 heavy (non-hydrogen) atoms. The van der Waals surface area contributed by atoms with Crippen LogP contribution in [0.4, 0.5) is 5.88 Å². The summed E-state index contributed by atoms with van der Waals surface area (Å²) >= 11 is 0. The Morgan fingerprint density at radius 3 is 2.53 bits per heavy atom. The molecule has 0 fully saturated rings. The lowest BCUT2D eigenvalue weighted by Crippen LogP contribution is -2.34. The molecule has 0 bridgehead atoms. The maximum Gasteiger partial charge on any atom is 0.223 e. The molecular formula is C40H44N2O. The van der Waals surface area contributed by atoms with E-state index < -0.39 is 0 Å². The van der Waals surface area contributed by atoms with Gasteiger partial charge in [0.25, 0.3) is 0 Å². The number of hydrogen-bond acceptors (Lipinski definition) is 2. The summed E-state index contributed by atoms with van der Waals surface area (Å²) < 4.78 is 9.15. The zero-order valence-electron chi connectivity index (χ0n) is 26.4. The molecule has 0 radical (unpaired) electrons. The van der Waals surface area contributed by atoms with Gasteiger partial charge in [-0.3, -0.25) is 0 Å². The van der Waals surface area contributed by atoms with Crippen LogP contribution in [0.15, 0.2) is 75.2 Å². The fourth-order valence-corrected chi connectivity index (χ4v) is 8.64. The molecule has 0 amide bonds. The van der Waals surface area contributed by atoms with Gasteiger partial charge < -0.3 is 8.98 Å². The summed E-state index contributed by atoms with van der Waals surface area (Å²) in [5.74, 6) is 3.66. The Morgan fingerprint density at radius 2 is 1.74 bits per heavy atom. The zero-order valence-corrected chi connectivity index (χ0v) is 26.4. The van der Waals surface area contributed by atoms with Gasteiger partial charge in [-0.25, -0.2) is 4.99 Å². The van der Waals surface area contributed by atoms with E-state index in [0.717, 1.165) is 49.8 Å². The van der Waals surface area contributed by atoms with E-state index in [2.05, 4.69) is 106 Å². The van der Waals surface area contributed by atoms with E-state index in [1.54, 1.807) is 11.1 Å². The van der Waals surface area contributed by atoms with Crippen molar-refractivity contribution in [3.63, 3.8) is 0 Å². The first kappa shape index (κ1) is 27.0. The average Bonchev–Trinajstić information content (AvgIpc) is 3.54. The van der Waals surface area contributed by atoms with E-state index in [1.807, 2.05) is 0 Å². The van der Waals surface area contributed by atoms with E-state index in [9.17, 15) is 0 Å². The first-order chi connectivity index (χ1) is 20.9. The molecule has 1 aliphatic heterocycles. The van der Waals surface area contributed by atoms with Crippen molar-refractivity contribution in [2.24, 2.45) is 34.6 Å². The summed E-state index contributed by atoms with van der Waals surface area (Å²) in [4.78, 5) is 4.82. The fraction of sp³-hybridized carbons (Fsp3) is 0.425. The molecule has 0 spiro atoms. The topological polar surface area (TPSA) is 30.4 Å². The highest BCUT2D eigenvalue weighted by Gasteiger charge is 2.38. The number of aliphatic imine (C=N–C) groups is 1. The summed E-state index contributed by atoms with van der Waals surface area (Å²) in [7, 11) is 0. The lowest BCUT2D eigenvalue weighted by atomic mass is 9.73. The van der Waals surface area contributed by atoms with Crippen LogP contribution >= 0.6 is 0 Å². The SMILES string of the molecule is CC1=Nc2oc3c(c2CC1)=CC1c2c(c4ccccc4n2C2=C(C(C)C)CC(C4C=CC=CC4)C=C2C(C)C)CCC1C=3. The minimum absolute atomic E-state index is 0.329. The van der Waals surface area contributed by atoms with Crippen molar-refractivity contribution in [2.45, 2.75) is 79.1 Å². The second kappa shape index (κ2) is 10.3. The minimum atomic E-state index is 0.329. The number of allylic oxidation sites excluding steroid dienone is 8. The molecule has 0 saturated carbocycles. The third-order valence-corrected chi connectivity index (χ3v) is 10.9. The maximum absolute atomic E-state index is 6.40. The minimum Gasteiger partial charge on any atom is -0.438 e. The first-order valence-electron chi connectivity index (χ1n) is 16.7. The van der Waals surface area contributed by atoms with Crippen LogP contribution in [0.25, 0.3) is 28.8 Å². The molecule has 4 atom stereocenters. The third kappa shape index (κ3) is 4.25. The Bertz CT molecular complexity index is 1910. The number of nitrogens with zero attached hydrogens (tertiary/aromatic N) is 2. The second-order valence-corrected chi connectivity index (χ2v) is 14.2. The number of para-hydroxylation sites is 1. The van der Waals surface area contributed by atoms with Gasteiger partial charge in [-0.2, -0.15) is 0 Å². The lowest BCUT2D eigenvalue weighted by Gasteiger charge is -2.37. The smallest absolute Gasteiger partial charge is 0.223 e. The van der Waals surface area contributed by atoms with Gasteiger partial charge in [-0.1, -0.05) is 82.4 Å². The van der Waals surface area contributed by atoms with Crippen molar-refractivity contribution in [1.29, 1.82) is 0 Å². The lowest BCUT2D eigenvalue weighted by molar-refractivity contribution is 0.444. The van der Waals surface area contributed by atoms with Gasteiger partial charge in [-0.15, -0.1) is 0 Å². The Hall–Kier alpha value is -3.59. The average molecular weight is 569 g/mol. The fourth-order valence-electron chi connectivity index (χ4n) is 8.64. The molecule has 3 heterocycles. The molecule has 1 aromatic carbocycles. The number of aromatic nitrogens is 1. The van der Waals surface area contributed by atoms with Crippen molar-refractivity contribution in [1.82, 2.24) is 4.57 Å². The van der Waals surface area contributed by atoms with Crippen molar-refractivity contribution < 1.29 is 4.42 Å². The van der Waals surface area contributed by atoms with Crippen LogP contribution in [-0.2, 0) is 12.8 Å². The molecule has 3 nitrogen and oxygen atoms in total. The Kier molecular flexibility index (Phi) is 6.44. The quantitative estimate of drug-likeness (QED) is 0.309. The molecule has 4 aliphatic carbocycles. The molecule has 2 aromatic heterocycles. The molecule has 4 unspecified atom stereocenters. The molecule has 3 aromatic rings. The van der Waals surface area contributed by atoms with E-state index >= 15 is 0 Å². The van der Waals surface area contributed by atoms with Gasteiger partial charge >= 0.3 is 0 Å². The number of benzene rings is 1. The predicted molar refractivity (Wildman–Crippen MR) is 180 cm³/mol. The van der Waals surface area contributed by atoms with E-state index in [4.69, 9.17) is 9.41 Å². The van der Waals surface area contributed by atoms with Gasteiger partial charge in [0.05, 0.1) is 5.52 Å². The summed E-state index contributed by atoms with van der Waals surface area (Å²) in [5, 5.41) is 2.74. The number of rotatable bonds is 4. The summed E-state index contributed by atoms with van der Waals surface area (Å²) in [6.45, 7) is 11.8. The standard InChI is InChI=1S/C40H44N2O/c1-23(2)32-19-28(26-11-7-6-8-12-26)20-33(24(3)4)39(32)42-36-14-10-9-13-29(36)30-18-16-27-21-37-35(22-34(27)38(30)42)31-17-15-25(5)41-40(31)43-37/h6-11,13-14,19,21-24,26-28,34H,12,15-18,20H2,1-5H3. The number of hydrogen-bond donors (Lipinski definition) is 0. The van der Waals surface area contributed by atoms with Crippen LogP contribution in [0.2, 0.25) is 0 Å². The summed E-state index contributed by atoms with van der Waals surface area (Å²) in [6.07, 6.45) is 23.5. The third-order valence-electron chi connectivity index (χ3n) is 10.9. The van der Waals surface area contributed by atoms with Gasteiger partial charge in [-0.05, 0) is 104 Å². The zero-order chi connectivity index (χ0) is 29.4. The summed E-state index contributed by atoms with van der Waals surface area (Å²) in [5.41, 5.74) is 12.6. The highest BCUT2D eigenvalue weighted by molar-refractivity contribution is 5.93. The molecule has 8 rings (SSSR count). The number of fused-ring (bicyclic) bond motifs is 8. The summed E-state index contributed by atoms with van der Waals surface area (Å²) in [6, 6.07) is 9.22. The van der Waals surface area contributed by atoms with Crippen molar-refractivity contribution in [2.75, 3.05) is 0 Å². The molecule has 0 N–H and O–H groups in total. The predicted octanol–water partition coefficient (Wildman–Crippen LogP) is 8.80. The molecule has 3 heteroatoms.